The van der Waals surface area contributed by atoms with Gasteiger partial charge in [-0.25, -0.2) is 0 Å². The summed E-state index contributed by atoms with van der Waals surface area (Å²) in [5, 5.41) is 0. The van der Waals surface area contributed by atoms with E-state index in [9.17, 15) is 14.4 Å². The molecule has 0 aliphatic carbocycles. The highest BCUT2D eigenvalue weighted by Gasteiger charge is 2.19. The zero-order valence-electron chi connectivity index (χ0n) is 39.1. The van der Waals surface area contributed by atoms with Gasteiger partial charge in [0.1, 0.15) is 13.2 Å². The average Bonchev–Trinajstić information content (AvgIpc) is 3.26. The molecule has 0 radical (unpaired) electrons. The molecule has 6 nitrogen and oxygen atoms in total. The van der Waals surface area contributed by atoms with E-state index in [0.717, 1.165) is 103 Å². The van der Waals surface area contributed by atoms with Gasteiger partial charge in [-0.3, -0.25) is 14.4 Å². The van der Waals surface area contributed by atoms with Gasteiger partial charge >= 0.3 is 17.9 Å². The highest BCUT2D eigenvalue weighted by Crippen LogP contribution is 2.14. The first kappa shape index (κ1) is 57.1. The molecule has 0 aromatic rings. The van der Waals surface area contributed by atoms with E-state index in [1.54, 1.807) is 0 Å². The first-order valence-electron chi connectivity index (χ1n) is 24.5. The lowest BCUT2D eigenvalue weighted by Gasteiger charge is -2.18. The van der Waals surface area contributed by atoms with Crippen LogP contribution in [0.1, 0.15) is 201 Å². The fourth-order valence-electron chi connectivity index (χ4n) is 6.31. The Bertz CT molecular complexity index is 1290. The van der Waals surface area contributed by atoms with Crippen LogP contribution in [0.2, 0.25) is 0 Å². The van der Waals surface area contributed by atoms with E-state index in [0.29, 0.717) is 12.8 Å². The second-order valence-corrected chi connectivity index (χ2v) is 15.8. The minimum absolute atomic E-state index is 0.103. The van der Waals surface area contributed by atoms with Gasteiger partial charge < -0.3 is 14.2 Å². The molecule has 344 valence electrons. The van der Waals surface area contributed by atoms with Crippen molar-refractivity contribution in [2.75, 3.05) is 13.2 Å². The molecule has 0 aromatic heterocycles. The average molecular weight is 845 g/mol. The molecular weight excluding hydrogens is 757 g/mol. The van der Waals surface area contributed by atoms with Crippen molar-refractivity contribution in [2.45, 2.75) is 207 Å². The minimum atomic E-state index is -0.807. The molecule has 0 aliphatic rings. The largest absolute Gasteiger partial charge is 0.462 e. The SMILES string of the molecule is CC\C=C/C=C\C=C/C=C\C=C\C=C/CCCCCC(=O)OCC(COC(=O)CCCCCCCCCCCCCC)OC(=O)CCCCCC/C=C\C/C=C\C/C=C\CC. The van der Waals surface area contributed by atoms with Crippen LogP contribution in [0.25, 0.3) is 0 Å². The third-order valence-electron chi connectivity index (χ3n) is 9.93. The van der Waals surface area contributed by atoms with Gasteiger partial charge in [-0.05, 0) is 70.6 Å². The quantitative estimate of drug-likeness (QED) is 0.0200. The maximum Gasteiger partial charge on any atom is 0.306 e. The highest BCUT2D eigenvalue weighted by molar-refractivity contribution is 5.71. The van der Waals surface area contributed by atoms with E-state index in [2.05, 4.69) is 69.4 Å². The van der Waals surface area contributed by atoms with Crippen molar-refractivity contribution < 1.29 is 28.6 Å². The van der Waals surface area contributed by atoms with Crippen LogP contribution in [0.5, 0.6) is 0 Å². The Labute approximate surface area is 374 Å². The first-order valence-corrected chi connectivity index (χ1v) is 24.5. The molecule has 0 amide bonds. The Morgan fingerprint density at radius 1 is 0.361 bits per heavy atom. The molecule has 0 heterocycles. The Kier molecular flexibility index (Phi) is 45.6. The third kappa shape index (κ3) is 47.0. The predicted molar refractivity (Wildman–Crippen MR) is 260 cm³/mol. The maximum atomic E-state index is 12.8. The van der Waals surface area contributed by atoms with Gasteiger partial charge in [0.2, 0.25) is 0 Å². The molecule has 61 heavy (non-hydrogen) atoms. The van der Waals surface area contributed by atoms with Gasteiger partial charge in [0.25, 0.3) is 0 Å². The van der Waals surface area contributed by atoms with E-state index in [1.165, 1.54) is 57.8 Å². The van der Waals surface area contributed by atoms with Crippen LogP contribution in [0.3, 0.4) is 0 Å². The molecule has 0 aliphatic heterocycles. The Morgan fingerprint density at radius 3 is 1.21 bits per heavy atom. The molecule has 0 saturated carbocycles. The van der Waals surface area contributed by atoms with E-state index < -0.39 is 6.10 Å². The summed E-state index contributed by atoms with van der Waals surface area (Å²) in [7, 11) is 0. The van der Waals surface area contributed by atoms with Crippen LogP contribution in [0.4, 0.5) is 0 Å². The van der Waals surface area contributed by atoms with E-state index in [1.807, 2.05) is 60.8 Å². The van der Waals surface area contributed by atoms with Crippen molar-refractivity contribution in [3.05, 3.63) is 109 Å². The van der Waals surface area contributed by atoms with Crippen molar-refractivity contribution in [1.29, 1.82) is 0 Å². The van der Waals surface area contributed by atoms with Gasteiger partial charge in [0.05, 0.1) is 0 Å². The fourth-order valence-corrected chi connectivity index (χ4v) is 6.31. The monoisotopic (exact) mass is 845 g/mol. The number of esters is 3. The summed E-state index contributed by atoms with van der Waals surface area (Å²) in [5.41, 5.74) is 0. The second kappa shape index (κ2) is 48.7. The summed E-state index contributed by atoms with van der Waals surface area (Å²) in [6.07, 6.45) is 64.9. The number of rotatable bonds is 42. The number of hydrogen-bond acceptors (Lipinski definition) is 6. The van der Waals surface area contributed by atoms with Gasteiger partial charge in [0.15, 0.2) is 6.10 Å². The lowest BCUT2D eigenvalue weighted by atomic mass is 10.0. The molecule has 0 fully saturated rings. The molecule has 0 aromatic carbocycles. The topological polar surface area (TPSA) is 78.9 Å². The number of allylic oxidation sites excluding steroid dienone is 18. The normalized spacial score (nSPS) is 13.0. The molecule has 6 heteroatoms. The zero-order chi connectivity index (χ0) is 44.4. The number of hydrogen-bond donors (Lipinski definition) is 0. The first-order chi connectivity index (χ1) is 30.0. The molecular formula is C55H88O6. The lowest BCUT2D eigenvalue weighted by Crippen LogP contribution is -2.30. The van der Waals surface area contributed by atoms with Crippen LogP contribution in [0.15, 0.2) is 109 Å². The second-order valence-electron chi connectivity index (χ2n) is 15.8. The van der Waals surface area contributed by atoms with Crippen molar-refractivity contribution in [1.82, 2.24) is 0 Å². The van der Waals surface area contributed by atoms with Crippen molar-refractivity contribution in [3.63, 3.8) is 0 Å². The number of carbonyl (C=O) groups excluding carboxylic acids is 3. The summed E-state index contributed by atoms with van der Waals surface area (Å²) < 4.78 is 16.7. The van der Waals surface area contributed by atoms with E-state index >= 15 is 0 Å². The third-order valence-corrected chi connectivity index (χ3v) is 9.93. The molecule has 1 atom stereocenters. The Morgan fingerprint density at radius 2 is 0.721 bits per heavy atom. The smallest absolute Gasteiger partial charge is 0.306 e. The van der Waals surface area contributed by atoms with Crippen LogP contribution in [0, 0.1) is 0 Å². The van der Waals surface area contributed by atoms with Crippen LogP contribution >= 0.6 is 0 Å². The van der Waals surface area contributed by atoms with E-state index in [4.69, 9.17) is 14.2 Å². The molecule has 0 N–H and O–H groups in total. The predicted octanol–water partition coefficient (Wildman–Crippen LogP) is 16.0. The Hall–Kier alpha value is -3.93. The minimum Gasteiger partial charge on any atom is -0.462 e. The van der Waals surface area contributed by atoms with Crippen LogP contribution < -0.4 is 0 Å². The standard InChI is InChI=1S/C55H88O6/c1-4-7-10-13-16-19-22-25-27-28-29-31-33-36-39-42-45-48-54(57)60-51-52(50-59-53(56)47-44-41-38-35-32-24-21-18-15-12-9-6-3)61-55(58)49-46-43-40-37-34-30-26-23-20-17-14-11-8-5-2/h7-8,10-11,13,16-17,19-20,22,25-31,33,52H,4-6,9,12,14-15,18,21,23-24,32,34-51H2,1-3H3/b10-7-,11-8-,16-13-,20-17-,22-19-,27-25-,29-28+,30-26-,33-31-. The molecule has 0 bridgehead atoms. The van der Waals surface area contributed by atoms with Gasteiger partial charge in [-0.15, -0.1) is 0 Å². The molecule has 0 saturated heterocycles. The Balaban J connectivity index is 4.53. The molecule has 0 rings (SSSR count). The van der Waals surface area contributed by atoms with Crippen molar-refractivity contribution in [2.24, 2.45) is 0 Å². The van der Waals surface area contributed by atoms with E-state index in [-0.39, 0.29) is 37.5 Å². The summed E-state index contributed by atoms with van der Waals surface area (Å²) in [4.78, 5) is 37.9. The highest BCUT2D eigenvalue weighted by atomic mass is 16.6. The number of unbranched alkanes of at least 4 members (excludes halogenated alkanes) is 18. The van der Waals surface area contributed by atoms with Crippen molar-refractivity contribution in [3.8, 4) is 0 Å². The molecule has 0 spiro atoms. The maximum absolute atomic E-state index is 12.8. The van der Waals surface area contributed by atoms with Gasteiger partial charge in [-0.2, -0.15) is 0 Å². The number of ether oxygens (including phenoxy) is 3. The van der Waals surface area contributed by atoms with Gasteiger partial charge in [0, 0.05) is 19.3 Å². The van der Waals surface area contributed by atoms with Crippen molar-refractivity contribution >= 4 is 17.9 Å². The van der Waals surface area contributed by atoms with Gasteiger partial charge in [-0.1, -0.05) is 220 Å². The zero-order valence-corrected chi connectivity index (χ0v) is 39.1. The van der Waals surface area contributed by atoms with Crippen LogP contribution in [-0.2, 0) is 28.6 Å². The van der Waals surface area contributed by atoms with Crippen LogP contribution in [-0.4, -0.2) is 37.2 Å². The molecule has 1 unspecified atom stereocenters. The fraction of sp³-hybridized carbons (Fsp3) is 0.618. The number of carbonyl (C=O) groups is 3. The summed E-state index contributed by atoms with van der Waals surface area (Å²) in [5.74, 6) is -0.978. The lowest BCUT2D eigenvalue weighted by molar-refractivity contribution is -0.167. The summed E-state index contributed by atoms with van der Waals surface area (Å²) in [6, 6.07) is 0. The summed E-state index contributed by atoms with van der Waals surface area (Å²) in [6.45, 7) is 6.30. The summed E-state index contributed by atoms with van der Waals surface area (Å²) >= 11 is 0.